The highest BCUT2D eigenvalue weighted by Gasteiger charge is 2.12. The number of para-hydroxylation sites is 1. The monoisotopic (exact) mass is 374 g/mol. The van der Waals surface area contributed by atoms with Crippen LogP contribution in [0.3, 0.4) is 0 Å². The first-order chi connectivity index (χ1) is 11.9. The highest BCUT2D eigenvalue weighted by Crippen LogP contribution is 2.27. The van der Waals surface area contributed by atoms with Crippen molar-refractivity contribution >= 4 is 40.9 Å². The first-order valence-corrected chi connectivity index (χ1v) is 8.30. The van der Waals surface area contributed by atoms with E-state index in [1.165, 1.54) is 6.08 Å². The van der Waals surface area contributed by atoms with Crippen molar-refractivity contribution in [3.05, 3.63) is 63.6 Å². The lowest BCUT2D eigenvalue weighted by molar-refractivity contribution is -0.112. The van der Waals surface area contributed by atoms with Crippen molar-refractivity contribution in [2.24, 2.45) is 0 Å². The summed E-state index contributed by atoms with van der Waals surface area (Å²) in [5.74, 6) is 0.00192. The molecule has 0 atom stereocenters. The maximum atomic E-state index is 12.3. The Bertz CT molecular complexity index is 855. The number of nitrogens with one attached hydrogen (secondary N) is 1. The van der Waals surface area contributed by atoms with Gasteiger partial charge in [-0.2, -0.15) is 5.26 Å². The summed E-state index contributed by atoms with van der Waals surface area (Å²) >= 11 is 12.2. The average Bonchev–Trinajstić information content (AvgIpc) is 2.56. The number of carbonyl (C=O) groups excluding carboxylic acids is 1. The fourth-order valence-electron chi connectivity index (χ4n) is 2.02. The van der Waals surface area contributed by atoms with E-state index >= 15 is 0 Å². The first-order valence-electron chi connectivity index (χ1n) is 7.54. The summed E-state index contributed by atoms with van der Waals surface area (Å²) in [6.07, 6.45) is 1.45. The van der Waals surface area contributed by atoms with Gasteiger partial charge in [0.1, 0.15) is 17.4 Å². The van der Waals surface area contributed by atoms with Crippen LogP contribution in [0.4, 0.5) is 5.69 Å². The quantitative estimate of drug-likeness (QED) is 0.568. The van der Waals surface area contributed by atoms with Crippen LogP contribution in [0.25, 0.3) is 6.08 Å². The van der Waals surface area contributed by atoms with E-state index in [-0.39, 0.29) is 11.7 Å². The average molecular weight is 375 g/mol. The van der Waals surface area contributed by atoms with Gasteiger partial charge in [0.2, 0.25) is 0 Å². The lowest BCUT2D eigenvalue weighted by Crippen LogP contribution is -2.13. The van der Waals surface area contributed by atoms with E-state index in [9.17, 15) is 10.1 Å². The molecule has 2 rings (SSSR count). The Morgan fingerprint density at radius 3 is 2.52 bits per heavy atom. The molecule has 0 radical (unpaired) electrons. The van der Waals surface area contributed by atoms with Gasteiger partial charge in [-0.3, -0.25) is 4.79 Å². The number of nitrogens with zero attached hydrogens (tertiary/aromatic N) is 1. The summed E-state index contributed by atoms with van der Waals surface area (Å²) in [5, 5.41) is 12.7. The Morgan fingerprint density at radius 1 is 1.20 bits per heavy atom. The third-order valence-corrected chi connectivity index (χ3v) is 3.74. The van der Waals surface area contributed by atoms with Crippen molar-refractivity contribution in [2.75, 3.05) is 5.32 Å². The van der Waals surface area contributed by atoms with E-state index in [1.54, 1.807) is 42.5 Å². The largest absolute Gasteiger partial charge is 0.489 e. The Morgan fingerprint density at radius 2 is 1.92 bits per heavy atom. The minimum Gasteiger partial charge on any atom is -0.489 e. The molecule has 0 spiro atoms. The summed E-state index contributed by atoms with van der Waals surface area (Å²) < 4.78 is 5.56. The molecular weight excluding hydrogens is 359 g/mol. The minimum atomic E-state index is -0.547. The van der Waals surface area contributed by atoms with Gasteiger partial charge in [-0.25, -0.2) is 0 Å². The third-order valence-electron chi connectivity index (χ3n) is 3.12. The lowest BCUT2D eigenvalue weighted by atomic mass is 10.1. The molecule has 0 aliphatic carbocycles. The number of rotatable bonds is 5. The normalized spacial score (nSPS) is 11.1. The Hall–Kier alpha value is -2.48. The number of anilines is 1. The molecule has 0 saturated heterocycles. The Kier molecular flexibility index (Phi) is 6.46. The highest BCUT2D eigenvalue weighted by atomic mass is 35.5. The topological polar surface area (TPSA) is 62.1 Å². The summed E-state index contributed by atoms with van der Waals surface area (Å²) in [6.45, 7) is 3.80. The van der Waals surface area contributed by atoms with Gasteiger partial charge in [-0.15, -0.1) is 0 Å². The summed E-state index contributed by atoms with van der Waals surface area (Å²) in [5.41, 5.74) is 0.995. The molecule has 4 nitrogen and oxygen atoms in total. The minimum absolute atomic E-state index is 0.00467. The standard InChI is InChI=1S/C19H16Cl2N2O2/c1-12(2)25-18-8-7-13(10-16(18)21)9-14(11-22)19(24)23-17-6-4-3-5-15(17)20/h3-10,12H,1-2H3,(H,23,24)/b14-9+. The van der Waals surface area contributed by atoms with Crippen LogP contribution < -0.4 is 10.1 Å². The van der Waals surface area contributed by atoms with Gasteiger partial charge in [0, 0.05) is 0 Å². The molecule has 0 aromatic heterocycles. The van der Waals surface area contributed by atoms with Crippen LogP contribution in [0.1, 0.15) is 19.4 Å². The van der Waals surface area contributed by atoms with Crippen molar-refractivity contribution in [1.29, 1.82) is 5.26 Å². The molecule has 0 fully saturated rings. The number of nitriles is 1. The second kappa shape index (κ2) is 8.57. The first kappa shape index (κ1) is 18.9. The zero-order valence-electron chi connectivity index (χ0n) is 13.7. The van der Waals surface area contributed by atoms with E-state index in [4.69, 9.17) is 27.9 Å². The summed E-state index contributed by atoms with van der Waals surface area (Å²) in [4.78, 5) is 12.3. The molecule has 1 N–H and O–H groups in total. The lowest BCUT2D eigenvalue weighted by Gasteiger charge is -2.11. The van der Waals surface area contributed by atoms with Crippen LogP contribution in [0.15, 0.2) is 48.0 Å². The molecule has 0 aliphatic rings. The summed E-state index contributed by atoms with van der Waals surface area (Å²) in [7, 11) is 0. The zero-order chi connectivity index (χ0) is 18.4. The zero-order valence-corrected chi connectivity index (χ0v) is 15.2. The molecule has 0 heterocycles. The SMILES string of the molecule is CC(C)Oc1ccc(/C=C(\C#N)C(=O)Nc2ccccc2Cl)cc1Cl. The van der Waals surface area contributed by atoms with Crippen LogP contribution >= 0.6 is 23.2 Å². The van der Waals surface area contributed by atoms with Crippen molar-refractivity contribution < 1.29 is 9.53 Å². The van der Waals surface area contributed by atoms with Gasteiger partial charge in [0.15, 0.2) is 0 Å². The molecule has 128 valence electrons. The molecule has 0 saturated carbocycles. The second-order valence-electron chi connectivity index (χ2n) is 5.46. The van der Waals surface area contributed by atoms with E-state index in [0.29, 0.717) is 27.0 Å². The number of hydrogen-bond acceptors (Lipinski definition) is 3. The van der Waals surface area contributed by atoms with E-state index in [2.05, 4.69) is 5.32 Å². The fourth-order valence-corrected chi connectivity index (χ4v) is 2.44. The molecule has 25 heavy (non-hydrogen) atoms. The van der Waals surface area contributed by atoms with Crippen LogP contribution in [0, 0.1) is 11.3 Å². The maximum Gasteiger partial charge on any atom is 0.266 e. The van der Waals surface area contributed by atoms with Crippen molar-refractivity contribution in [2.45, 2.75) is 20.0 Å². The number of benzene rings is 2. The van der Waals surface area contributed by atoms with Gasteiger partial charge in [0.25, 0.3) is 5.91 Å². The van der Waals surface area contributed by atoms with Gasteiger partial charge in [-0.1, -0.05) is 41.4 Å². The predicted octanol–water partition coefficient (Wildman–Crippen LogP) is 5.33. The number of hydrogen-bond donors (Lipinski definition) is 1. The second-order valence-corrected chi connectivity index (χ2v) is 6.27. The van der Waals surface area contributed by atoms with Gasteiger partial charge >= 0.3 is 0 Å². The Balaban J connectivity index is 2.22. The van der Waals surface area contributed by atoms with Crippen LogP contribution in [0.2, 0.25) is 10.0 Å². The molecule has 1 amide bonds. The van der Waals surface area contributed by atoms with Gasteiger partial charge in [0.05, 0.1) is 21.8 Å². The Labute approximate surface area is 156 Å². The molecule has 0 aliphatic heterocycles. The van der Waals surface area contributed by atoms with E-state index in [0.717, 1.165) is 0 Å². The van der Waals surface area contributed by atoms with Crippen molar-refractivity contribution in [3.63, 3.8) is 0 Å². The van der Waals surface area contributed by atoms with Crippen molar-refractivity contribution in [3.8, 4) is 11.8 Å². The van der Waals surface area contributed by atoms with Crippen LogP contribution in [-0.2, 0) is 4.79 Å². The molecule has 0 bridgehead atoms. The summed E-state index contributed by atoms with van der Waals surface area (Å²) in [6, 6.07) is 13.8. The molecule has 2 aromatic rings. The third kappa shape index (κ3) is 5.25. The smallest absolute Gasteiger partial charge is 0.266 e. The molecule has 6 heteroatoms. The van der Waals surface area contributed by atoms with Gasteiger partial charge < -0.3 is 10.1 Å². The predicted molar refractivity (Wildman–Crippen MR) is 101 cm³/mol. The molecular formula is C19H16Cl2N2O2. The number of halogens is 2. The molecule has 0 unspecified atom stereocenters. The number of amides is 1. The molecule has 2 aromatic carbocycles. The fraction of sp³-hybridized carbons (Fsp3) is 0.158. The van der Waals surface area contributed by atoms with Crippen molar-refractivity contribution in [1.82, 2.24) is 0 Å². The van der Waals surface area contributed by atoms with Gasteiger partial charge in [-0.05, 0) is 49.8 Å². The highest BCUT2D eigenvalue weighted by molar-refractivity contribution is 6.34. The van der Waals surface area contributed by atoms with E-state index < -0.39 is 5.91 Å². The van der Waals surface area contributed by atoms with Crippen LogP contribution in [0.5, 0.6) is 5.75 Å². The maximum absolute atomic E-state index is 12.3. The number of ether oxygens (including phenoxy) is 1. The van der Waals surface area contributed by atoms with Crippen LogP contribution in [-0.4, -0.2) is 12.0 Å². The van der Waals surface area contributed by atoms with E-state index in [1.807, 2.05) is 19.9 Å². The number of carbonyl (C=O) groups is 1.